The van der Waals surface area contributed by atoms with Gasteiger partial charge in [0.15, 0.2) is 0 Å². The van der Waals surface area contributed by atoms with Crippen LogP contribution in [0, 0.1) is 5.92 Å². The summed E-state index contributed by atoms with van der Waals surface area (Å²) >= 11 is 1.65. The maximum atomic E-state index is 12.6. The Morgan fingerprint density at radius 2 is 2.32 bits per heavy atom. The van der Waals surface area contributed by atoms with Crippen molar-refractivity contribution in [2.45, 2.75) is 6.42 Å². The van der Waals surface area contributed by atoms with E-state index in [4.69, 9.17) is 0 Å². The Labute approximate surface area is 117 Å². The fourth-order valence-corrected chi connectivity index (χ4v) is 3.72. The lowest BCUT2D eigenvalue weighted by Crippen LogP contribution is -2.30. The fourth-order valence-electron chi connectivity index (χ4n) is 2.79. The number of thiophene rings is 1. The van der Waals surface area contributed by atoms with Gasteiger partial charge in [0.05, 0.1) is 5.56 Å². The monoisotopic (exact) mass is 274 g/mol. The zero-order valence-electron chi connectivity index (χ0n) is 11.1. The second-order valence-electron chi connectivity index (χ2n) is 5.11. The third kappa shape index (κ3) is 2.38. The van der Waals surface area contributed by atoms with Gasteiger partial charge in [0.1, 0.15) is 0 Å². The van der Waals surface area contributed by atoms with Gasteiger partial charge in [-0.25, -0.2) is 0 Å². The molecule has 0 radical (unpaired) electrons. The molecule has 19 heavy (non-hydrogen) atoms. The number of benzene rings is 1. The smallest absolute Gasteiger partial charge is 0.255 e. The van der Waals surface area contributed by atoms with Crippen molar-refractivity contribution in [3.63, 3.8) is 0 Å². The first kappa shape index (κ1) is 12.6. The quantitative estimate of drug-likeness (QED) is 0.933. The minimum absolute atomic E-state index is 0.191. The van der Waals surface area contributed by atoms with E-state index in [0.717, 1.165) is 37.0 Å². The van der Waals surface area contributed by atoms with E-state index in [1.807, 2.05) is 35.5 Å². The normalized spacial score (nSPS) is 19.2. The minimum atomic E-state index is 0.191. The number of hydrogen-bond acceptors (Lipinski definition) is 3. The van der Waals surface area contributed by atoms with Crippen molar-refractivity contribution < 1.29 is 4.79 Å². The molecule has 0 bridgehead atoms. The Morgan fingerprint density at radius 3 is 3.16 bits per heavy atom. The van der Waals surface area contributed by atoms with Crippen LogP contribution in [0.25, 0.3) is 10.1 Å². The molecule has 3 nitrogen and oxygen atoms in total. The number of nitrogens with zero attached hydrogens (tertiary/aromatic N) is 1. The van der Waals surface area contributed by atoms with Gasteiger partial charge in [-0.05, 0) is 32.0 Å². The highest BCUT2D eigenvalue weighted by Gasteiger charge is 2.27. The van der Waals surface area contributed by atoms with Crippen molar-refractivity contribution in [3.8, 4) is 0 Å². The molecule has 1 aromatic heterocycles. The first-order valence-electron chi connectivity index (χ1n) is 6.69. The Morgan fingerprint density at radius 1 is 1.47 bits per heavy atom. The second-order valence-corrected chi connectivity index (χ2v) is 6.02. The Hall–Kier alpha value is -1.39. The van der Waals surface area contributed by atoms with Crippen LogP contribution < -0.4 is 5.32 Å². The highest BCUT2D eigenvalue weighted by Crippen LogP contribution is 2.28. The van der Waals surface area contributed by atoms with Crippen LogP contribution in [0.2, 0.25) is 0 Å². The SMILES string of the molecule is CNC[C@H]1CCN(C(=O)c2csc3ccccc23)C1. The highest BCUT2D eigenvalue weighted by molar-refractivity contribution is 7.17. The molecule has 2 heterocycles. The summed E-state index contributed by atoms with van der Waals surface area (Å²) < 4.78 is 1.19. The topological polar surface area (TPSA) is 32.3 Å². The average Bonchev–Trinajstić information content (AvgIpc) is 3.05. The number of rotatable bonds is 3. The molecular weight excluding hydrogens is 256 g/mol. The second kappa shape index (κ2) is 5.31. The molecule has 0 aliphatic carbocycles. The molecule has 1 fully saturated rings. The molecule has 0 saturated carbocycles. The summed E-state index contributed by atoms with van der Waals surface area (Å²) in [4.78, 5) is 14.6. The standard InChI is InChI=1S/C15H18N2OS/c1-16-8-11-6-7-17(9-11)15(18)13-10-19-14-5-3-2-4-12(13)14/h2-5,10-11,16H,6-9H2,1H3/t11-/m1/s1. The first-order chi connectivity index (χ1) is 9.29. The Kier molecular flexibility index (Phi) is 3.53. The van der Waals surface area contributed by atoms with Crippen molar-refractivity contribution in [1.82, 2.24) is 10.2 Å². The van der Waals surface area contributed by atoms with Crippen LogP contribution in [-0.2, 0) is 0 Å². The van der Waals surface area contributed by atoms with Crippen LogP contribution in [0.3, 0.4) is 0 Å². The molecule has 1 N–H and O–H groups in total. The number of fused-ring (bicyclic) bond motifs is 1. The number of carbonyl (C=O) groups excluding carboxylic acids is 1. The molecule has 1 saturated heterocycles. The molecule has 0 spiro atoms. The van der Waals surface area contributed by atoms with Gasteiger partial charge >= 0.3 is 0 Å². The van der Waals surface area contributed by atoms with E-state index in [1.54, 1.807) is 11.3 Å². The lowest BCUT2D eigenvalue weighted by molar-refractivity contribution is 0.0789. The van der Waals surface area contributed by atoms with Crippen molar-refractivity contribution in [2.75, 3.05) is 26.7 Å². The summed E-state index contributed by atoms with van der Waals surface area (Å²) in [6.07, 6.45) is 1.11. The average molecular weight is 274 g/mol. The van der Waals surface area contributed by atoms with Gasteiger partial charge in [-0.1, -0.05) is 18.2 Å². The van der Waals surface area contributed by atoms with Crippen molar-refractivity contribution >= 4 is 27.3 Å². The summed E-state index contributed by atoms with van der Waals surface area (Å²) in [5, 5.41) is 6.29. The molecule has 1 amide bonds. The van der Waals surface area contributed by atoms with E-state index in [2.05, 4.69) is 11.4 Å². The minimum Gasteiger partial charge on any atom is -0.338 e. The van der Waals surface area contributed by atoms with E-state index in [0.29, 0.717) is 5.92 Å². The maximum Gasteiger partial charge on any atom is 0.255 e. The van der Waals surface area contributed by atoms with Crippen LogP contribution in [0.1, 0.15) is 16.8 Å². The van der Waals surface area contributed by atoms with Crippen molar-refractivity contribution in [1.29, 1.82) is 0 Å². The van der Waals surface area contributed by atoms with Gasteiger partial charge in [-0.2, -0.15) is 0 Å². The predicted molar refractivity (Wildman–Crippen MR) is 79.8 cm³/mol. The van der Waals surface area contributed by atoms with Crippen LogP contribution in [0.5, 0.6) is 0 Å². The predicted octanol–water partition coefficient (Wildman–Crippen LogP) is 2.58. The first-order valence-corrected chi connectivity index (χ1v) is 7.57. The Bertz CT molecular complexity index is 593. The lowest BCUT2D eigenvalue weighted by Gasteiger charge is -2.16. The summed E-state index contributed by atoms with van der Waals surface area (Å²) in [5.74, 6) is 0.787. The summed E-state index contributed by atoms with van der Waals surface area (Å²) in [6, 6.07) is 8.14. The molecule has 3 rings (SSSR count). The van der Waals surface area contributed by atoms with Crippen LogP contribution >= 0.6 is 11.3 Å². The number of hydrogen-bond donors (Lipinski definition) is 1. The summed E-state index contributed by atoms with van der Waals surface area (Å²) in [6.45, 7) is 2.76. The van der Waals surface area contributed by atoms with Crippen LogP contribution in [0.4, 0.5) is 0 Å². The molecule has 2 aromatic rings. The third-order valence-corrected chi connectivity index (χ3v) is 4.74. The molecule has 4 heteroatoms. The third-order valence-electron chi connectivity index (χ3n) is 3.78. The lowest BCUT2D eigenvalue weighted by atomic mass is 10.1. The van der Waals surface area contributed by atoms with Crippen molar-refractivity contribution in [3.05, 3.63) is 35.2 Å². The van der Waals surface area contributed by atoms with Gasteiger partial charge in [-0.3, -0.25) is 4.79 Å². The molecule has 1 aromatic carbocycles. The van der Waals surface area contributed by atoms with E-state index in [9.17, 15) is 4.79 Å². The van der Waals surface area contributed by atoms with Gasteiger partial charge in [0, 0.05) is 28.6 Å². The van der Waals surface area contributed by atoms with Gasteiger partial charge in [0.2, 0.25) is 0 Å². The molecule has 1 atom stereocenters. The number of carbonyl (C=O) groups is 1. The summed E-state index contributed by atoms with van der Waals surface area (Å²) in [7, 11) is 1.97. The van der Waals surface area contributed by atoms with E-state index >= 15 is 0 Å². The number of nitrogens with one attached hydrogen (secondary N) is 1. The number of amides is 1. The zero-order chi connectivity index (χ0) is 13.2. The molecule has 1 aliphatic heterocycles. The molecule has 0 unspecified atom stereocenters. The largest absolute Gasteiger partial charge is 0.338 e. The fraction of sp³-hybridized carbons (Fsp3) is 0.400. The Balaban J connectivity index is 1.81. The van der Waals surface area contributed by atoms with Crippen LogP contribution in [0.15, 0.2) is 29.6 Å². The molecule has 1 aliphatic rings. The maximum absolute atomic E-state index is 12.6. The summed E-state index contributed by atoms with van der Waals surface area (Å²) in [5.41, 5.74) is 0.866. The van der Waals surface area contributed by atoms with Crippen LogP contribution in [-0.4, -0.2) is 37.5 Å². The molecular formula is C15H18N2OS. The van der Waals surface area contributed by atoms with E-state index < -0.39 is 0 Å². The van der Waals surface area contributed by atoms with Crippen molar-refractivity contribution in [2.24, 2.45) is 5.92 Å². The van der Waals surface area contributed by atoms with E-state index in [-0.39, 0.29) is 5.91 Å². The zero-order valence-corrected chi connectivity index (χ0v) is 11.9. The van der Waals surface area contributed by atoms with Gasteiger partial charge in [0.25, 0.3) is 5.91 Å². The van der Waals surface area contributed by atoms with E-state index in [1.165, 1.54) is 4.70 Å². The highest BCUT2D eigenvalue weighted by atomic mass is 32.1. The van der Waals surface area contributed by atoms with Gasteiger partial charge < -0.3 is 10.2 Å². The van der Waals surface area contributed by atoms with Gasteiger partial charge in [-0.15, -0.1) is 11.3 Å². The molecule has 100 valence electrons. The number of likely N-dealkylation sites (tertiary alicyclic amines) is 1.